The molecule has 2 amide bonds. The first-order chi connectivity index (χ1) is 15.4. The first-order valence-corrected chi connectivity index (χ1v) is 11.1. The van der Waals surface area contributed by atoms with Gasteiger partial charge in [0, 0.05) is 22.0 Å². The molecule has 0 unspecified atom stereocenters. The summed E-state index contributed by atoms with van der Waals surface area (Å²) in [6, 6.07) is 21.4. The topological polar surface area (TPSA) is 67.4 Å². The van der Waals surface area contributed by atoms with E-state index < -0.39 is 5.60 Å². The van der Waals surface area contributed by atoms with Gasteiger partial charge in [0.05, 0.1) is 0 Å². The van der Waals surface area contributed by atoms with Crippen molar-refractivity contribution in [2.24, 2.45) is 0 Å². The van der Waals surface area contributed by atoms with Gasteiger partial charge in [-0.05, 0) is 85.5 Å². The molecular weight excluding hydrogens is 436 g/mol. The van der Waals surface area contributed by atoms with E-state index in [9.17, 15) is 9.59 Å². The Hall–Kier alpha value is -3.31. The number of nitrogens with one attached hydrogen (secondary N) is 2. The number of hydrogen-bond donors (Lipinski definition) is 2. The van der Waals surface area contributed by atoms with E-state index in [1.165, 1.54) is 5.56 Å². The zero-order chi connectivity index (χ0) is 24.2. The Morgan fingerprint density at radius 1 is 0.727 bits per heavy atom. The first kappa shape index (κ1) is 24.3. The van der Waals surface area contributed by atoms with Crippen molar-refractivity contribution < 1.29 is 14.3 Å². The number of rotatable bonds is 6. The van der Waals surface area contributed by atoms with Crippen LogP contribution in [-0.2, 0) is 10.2 Å². The van der Waals surface area contributed by atoms with Gasteiger partial charge in [0.15, 0.2) is 5.60 Å². The number of anilines is 2. The minimum absolute atomic E-state index is 0.0314. The van der Waals surface area contributed by atoms with Crippen molar-refractivity contribution in [2.75, 3.05) is 10.6 Å². The third-order valence-corrected chi connectivity index (χ3v) is 5.40. The zero-order valence-electron chi connectivity index (χ0n) is 19.5. The Morgan fingerprint density at radius 3 is 1.76 bits per heavy atom. The second kappa shape index (κ2) is 9.67. The zero-order valence-corrected chi connectivity index (χ0v) is 20.3. The number of hydrogen-bond acceptors (Lipinski definition) is 3. The normalized spacial score (nSPS) is 11.6. The second-order valence-corrected chi connectivity index (χ2v) is 9.82. The summed E-state index contributed by atoms with van der Waals surface area (Å²) in [6.07, 6.45) is 0. The molecule has 5 nitrogen and oxygen atoms in total. The monoisotopic (exact) mass is 464 g/mol. The van der Waals surface area contributed by atoms with Crippen LogP contribution < -0.4 is 15.4 Å². The molecule has 0 aliphatic carbocycles. The fourth-order valence-corrected chi connectivity index (χ4v) is 3.21. The van der Waals surface area contributed by atoms with Crippen molar-refractivity contribution in [2.45, 2.75) is 45.6 Å². The SMILES string of the molecule is CC(C)(Oc1ccc(Cl)cc1)C(=O)Nc1ccc(NC(=O)c2ccc(C(C)(C)C)cc2)cc1. The van der Waals surface area contributed by atoms with E-state index in [-0.39, 0.29) is 17.2 Å². The van der Waals surface area contributed by atoms with Crippen LogP contribution in [0.15, 0.2) is 72.8 Å². The highest BCUT2D eigenvalue weighted by molar-refractivity contribution is 6.30. The molecule has 0 heterocycles. The van der Waals surface area contributed by atoms with Crippen LogP contribution in [0.2, 0.25) is 5.02 Å². The quantitative estimate of drug-likeness (QED) is 0.427. The van der Waals surface area contributed by atoms with Crippen LogP contribution in [0.1, 0.15) is 50.5 Å². The standard InChI is InChI=1S/C27H29ClN2O3/c1-26(2,3)19-8-6-18(7-9-19)24(31)29-21-12-14-22(15-13-21)30-25(32)27(4,5)33-23-16-10-20(28)11-17-23/h6-17H,1-5H3,(H,29,31)(H,30,32). The number of halogens is 1. The lowest BCUT2D eigenvalue weighted by Crippen LogP contribution is -2.42. The molecule has 2 N–H and O–H groups in total. The van der Waals surface area contributed by atoms with E-state index in [1.807, 2.05) is 24.3 Å². The Morgan fingerprint density at radius 2 is 1.24 bits per heavy atom. The molecule has 0 saturated heterocycles. The van der Waals surface area contributed by atoms with E-state index in [1.54, 1.807) is 62.4 Å². The van der Waals surface area contributed by atoms with Gasteiger partial charge in [0.2, 0.25) is 0 Å². The maximum absolute atomic E-state index is 12.7. The molecule has 0 atom stereocenters. The van der Waals surface area contributed by atoms with Gasteiger partial charge in [0.1, 0.15) is 5.75 Å². The highest BCUT2D eigenvalue weighted by Gasteiger charge is 2.30. The van der Waals surface area contributed by atoms with Crippen LogP contribution in [0.3, 0.4) is 0 Å². The van der Waals surface area contributed by atoms with E-state index in [4.69, 9.17) is 16.3 Å². The fraction of sp³-hybridized carbons (Fsp3) is 0.259. The van der Waals surface area contributed by atoms with Crippen LogP contribution in [-0.4, -0.2) is 17.4 Å². The second-order valence-electron chi connectivity index (χ2n) is 9.38. The number of carbonyl (C=O) groups excluding carboxylic acids is 2. The minimum atomic E-state index is -1.10. The molecule has 0 radical (unpaired) electrons. The molecule has 0 bridgehead atoms. The molecule has 33 heavy (non-hydrogen) atoms. The van der Waals surface area contributed by atoms with Crippen LogP contribution >= 0.6 is 11.6 Å². The number of amides is 2. The van der Waals surface area contributed by atoms with E-state index in [0.717, 1.165) is 0 Å². The van der Waals surface area contributed by atoms with E-state index in [2.05, 4.69) is 31.4 Å². The van der Waals surface area contributed by atoms with Gasteiger partial charge in [-0.1, -0.05) is 44.5 Å². The van der Waals surface area contributed by atoms with Crippen molar-refractivity contribution >= 4 is 34.8 Å². The summed E-state index contributed by atoms with van der Waals surface area (Å²) in [5, 5.41) is 6.32. The summed E-state index contributed by atoms with van der Waals surface area (Å²) in [5.41, 5.74) is 1.92. The third-order valence-electron chi connectivity index (χ3n) is 5.15. The van der Waals surface area contributed by atoms with Gasteiger partial charge in [-0.15, -0.1) is 0 Å². The molecule has 3 aromatic carbocycles. The Bertz CT molecular complexity index is 1110. The van der Waals surface area contributed by atoms with E-state index >= 15 is 0 Å². The predicted octanol–water partition coefficient (Wildman–Crippen LogP) is 6.69. The molecule has 3 aromatic rings. The lowest BCUT2D eigenvalue weighted by Gasteiger charge is -2.25. The third kappa shape index (κ3) is 6.59. The van der Waals surface area contributed by atoms with Gasteiger partial charge >= 0.3 is 0 Å². The summed E-state index contributed by atoms with van der Waals surface area (Å²) in [4.78, 5) is 25.3. The maximum atomic E-state index is 12.7. The van der Waals surface area contributed by atoms with Gasteiger partial charge < -0.3 is 15.4 Å². The average molecular weight is 465 g/mol. The molecule has 0 aromatic heterocycles. The summed E-state index contributed by atoms with van der Waals surface area (Å²) in [7, 11) is 0. The minimum Gasteiger partial charge on any atom is -0.478 e. The molecule has 0 aliphatic heterocycles. The lowest BCUT2D eigenvalue weighted by atomic mass is 9.87. The average Bonchev–Trinajstić information content (AvgIpc) is 2.76. The highest BCUT2D eigenvalue weighted by Crippen LogP contribution is 2.24. The molecule has 172 valence electrons. The molecule has 0 saturated carbocycles. The van der Waals surface area contributed by atoms with Crippen molar-refractivity contribution in [1.82, 2.24) is 0 Å². The fourth-order valence-electron chi connectivity index (χ4n) is 3.09. The summed E-state index contributed by atoms with van der Waals surface area (Å²) >= 11 is 5.89. The molecular formula is C27H29ClN2O3. The summed E-state index contributed by atoms with van der Waals surface area (Å²) < 4.78 is 5.82. The van der Waals surface area contributed by atoms with Crippen molar-refractivity contribution in [3.63, 3.8) is 0 Å². The van der Waals surface area contributed by atoms with Gasteiger partial charge in [0.25, 0.3) is 11.8 Å². The van der Waals surface area contributed by atoms with Crippen molar-refractivity contribution in [3.8, 4) is 5.75 Å². The number of carbonyl (C=O) groups is 2. The molecule has 0 spiro atoms. The predicted molar refractivity (Wildman–Crippen MR) is 134 cm³/mol. The van der Waals surface area contributed by atoms with Crippen LogP contribution in [0, 0.1) is 0 Å². The largest absolute Gasteiger partial charge is 0.478 e. The molecule has 0 aliphatic rings. The van der Waals surface area contributed by atoms with Gasteiger partial charge in [-0.25, -0.2) is 0 Å². The lowest BCUT2D eigenvalue weighted by molar-refractivity contribution is -0.128. The molecule has 0 fully saturated rings. The molecule has 6 heteroatoms. The molecule has 3 rings (SSSR count). The van der Waals surface area contributed by atoms with Crippen LogP contribution in [0.25, 0.3) is 0 Å². The first-order valence-electron chi connectivity index (χ1n) is 10.7. The summed E-state index contributed by atoms with van der Waals surface area (Å²) in [6.45, 7) is 9.78. The van der Waals surface area contributed by atoms with Crippen molar-refractivity contribution in [1.29, 1.82) is 0 Å². The van der Waals surface area contributed by atoms with Gasteiger partial charge in [-0.2, -0.15) is 0 Å². The van der Waals surface area contributed by atoms with Crippen LogP contribution in [0.5, 0.6) is 5.75 Å². The Kier molecular flexibility index (Phi) is 7.13. The maximum Gasteiger partial charge on any atom is 0.267 e. The number of benzene rings is 3. The van der Waals surface area contributed by atoms with Crippen LogP contribution in [0.4, 0.5) is 11.4 Å². The highest BCUT2D eigenvalue weighted by atomic mass is 35.5. The smallest absolute Gasteiger partial charge is 0.267 e. The Labute approximate surface area is 200 Å². The van der Waals surface area contributed by atoms with E-state index in [0.29, 0.717) is 27.7 Å². The van der Waals surface area contributed by atoms with Gasteiger partial charge in [-0.3, -0.25) is 9.59 Å². The van der Waals surface area contributed by atoms with Crippen molar-refractivity contribution in [3.05, 3.63) is 88.9 Å². The Balaban J connectivity index is 1.59. The number of ether oxygens (including phenoxy) is 1. The summed E-state index contributed by atoms with van der Waals surface area (Å²) in [5.74, 6) is 0.0612.